The fraction of sp³-hybridized carbons (Fsp3) is 0.323. The number of aromatic nitrogens is 1. The van der Waals surface area contributed by atoms with Gasteiger partial charge in [-0.15, -0.1) is 0 Å². The Morgan fingerprint density at radius 2 is 1.42 bits per heavy atom. The number of hydrogen-bond acceptors (Lipinski definition) is 5. The van der Waals surface area contributed by atoms with Gasteiger partial charge in [0.15, 0.2) is 0 Å². The van der Waals surface area contributed by atoms with Gasteiger partial charge in [-0.05, 0) is 48.4 Å². The molecule has 1 unspecified atom stereocenters. The highest BCUT2D eigenvalue weighted by atomic mass is 16.5. The molecule has 0 radical (unpaired) electrons. The summed E-state index contributed by atoms with van der Waals surface area (Å²) in [4.78, 5) is 9.28. The van der Waals surface area contributed by atoms with Gasteiger partial charge in [0, 0.05) is 50.2 Å². The SMILES string of the molecule is OC(COc1cccc2ncccc12)CN1CCN(CCC(c2ccccc2)c2ccccc2)CC1. The molecule has 0 amide bonds. The second-order valence-electron chi connectivity index (χ2n) is 9.60. The minimum absolute atomic E-state index is 0.282. The predicted molar refractivity (Wildman–Crippen MR) is 145 cm³/mol. The lowest BCUT2D eigenvalue weighted by Crippen LogP contribution is -2.49. The maximum Gasteiger partial charge on any atom is 0.128 e. The van der Waals surface area contributed by atoms with Gasteiger partial charge in [-0.25, -0.2) is 0 Å². The Bertz CT molecular complexity index is 1170. The highest BCUT2D eigenvalue weighted by Crippen LogP contribution is 2.28. The molecule has 3 aromatic carbocycles. The van der Waals surface area contributed by atoms with E-state index in [0.29, 0.717) is 12.5 Å². The van der Waals surface area contributed by atoms with Crippen LogP contribution in [0.5, 0.6) is 5.75 Å². The molecular weight excluding hydrogens is 446 g/mol. The smallest absolute Gasteiger partial charge is 0.128 e. The average molecular weight is 482 g/mol. The normalized spacial score (nSPS) is 15.8. The molecule has 2 heterocycles. The molecule has 0 spiro atoms. The standard InChI is InChI=1S/C31H35N3O2/c35-27(24-36-31-15-7-14-30-29(31)13-8-17-32-30)23-34-21-19-33(20-22-34)18-16-28(25-9-3-1-4-10-25)26-11-5-2-6-12-26/h1-15,17,27-28,35H,16,18-24H2. The maximum atomic E-state index is 10.6. The van der Waals surface area contributed by atoms with Crippen LogP contribution in [0, 0.1) is 0 Å². The lowest BCUT2D eigenvalue weighted by atomic mass is 9.88. The van der Waals surface area contributed by atoms with Crippen molar-refractivity contribution >= 4 is 10.9 Å². The molecule has 4 aromatic rings. The van der Waals surface area contributed by atoms with Crippen LogP contribution in [0.1, 0.15) is 23.5 Å². The van der Waals surface area contributed by atoms with Gasteiger partial charge in [0.2, 0.25) is 0 Å². The van der Waals surface area contributed by atoms with E-state index in [1.54, 1.807) is 6.20 Å². The second-order valence-corrected chi connectivity index (χ2v) is 9.60. The lowest BCUT2D eigenvalue weighted by molar-refractivity contribution is 0.0461. The minimum Gasteiger partial charge on any atom is -0.490 e. The Labute approximate surface area is 214 Å². The highest BCUT2D eigenvalue weighted by Gasteiger charge is 2.21. The first-order valence-electron chi connectivity index (χ1n) is 13.0. The van der Waals surface area contributed by atoms with Crippen molar-refractivity contribution < 1.29 is 9.84 Å². The van der Waals surface area contributed by atoms with E-state index in [-0.39, 0.29) is 6.61 Å². The Morgan fingerprint density at radius 1 is 0.750 bits per heavy atom. The summed E-state index contributed by atoms with van der Waals surface area (Å²) >= 11 is 0. The van der Waals surface area contributed by atoms with Gasteiger partial charge in [0.1, 0.15) is 18.5 Å². The van der Waals surface area contributed by atoms with Crippen molar-refractivity contribution in [3.8, 4) is 5.75 Å². The zero-order chi connectivity index (χ0) is 24.6. The fourth-order valence-corrected chi connectivity index (χ4v) is 5.14. The van der Waals surface area contributed by atoms with Crippen LogP contribution >= 0.6 is 0 Å². The van der Waals surface area contributed by atoms with Crippen molar-refractivity contribution in [3.05, 3.63) is 108 Å². The Kier molecular flexibility index (Phi) is 8.24. The molecule has 36 heavy (non-hydrogen) atoms. The van der Waals surface area contributed by atoms with Crippen LogP contribution in [0.15, 0.2) is 97.2 Å². The van der Waals surface area contributed by atoms with Gasteiger partial charge in [-0.1, -0.05) is 66.7 Å². The van der Waals surface area contributed by atoms with E-state index in [0.717, 1.165) is 55.8 Å². The molecule has 186 valence electrons. The van der Waals surface area contributed by atoms with Gasteiger partial charge in [-0.3, -0.25) is 9.88 Å². The first-order chi connectivity index (χ1) is 17.8. The van der Waals surface area contributed by atoms with E-state index in [1.807, 2.05) is 30.3 Å². The predicted octanol–water partition coefficient (Wildman–Crippen LogP) is 4.81. The van der Waals surface area contributed by atoms with E-state index in [2.05, 4.69) is 75.4 Å². The van der Waals surface area contributed by atoms with Gasteiger partial charge in [0.05, 0.1) is 5.52 Å². The summed E-state index contributed by atoms with van der Waals surface area (Å²) in [5.41, 5.74) is 3.67. The third-order valence-corrected chi connectivity index (χ3v) is 7.11. The highest BCUT2D eigenvalue weighted by molar-refractivity contribution is 5.84. The third-order valence-electron chi connectivity index (χ3n) is 7.11. The number of fused-ring (bicyclic) bond motifs is 1. The molecule has 1 aliphatic heterocycles. The summed E-state index contributed by atoms with van der Waals surface area (Å²) in [6.07, 6.45) is 2.36. The Balaban J connectivity index is 1.09. The van der Waals surface area contributed by atoms with Gasteiger partial charge in [0.25, 0.3) is 0 Å². The number of nitrogens with zero attached hydrogens (tertiary/aromatic N) is 3. The summed E-state index contributed by atoms with van der Waals surface area (Å²) in [6.45, 7) is 5.98. The molecule has 5 nitrogen and oxygen atoms in total. The molecule has 1 aromatic heterocycles. The summed E-state index contributed by atoms with van der Waals surface area (Å²) in [6, 6.07) is 31.5. The Hall–Kier alpha value is -3.25. The molecule has 1 N–H and O–H groups in total. The van der Waals surface area contributed by atoms with Crippen molar-refractivity contribution in [1.82, 2.24) is 14.8 Å². The quantitative estimate of drug-likeness (QED) is 0.352. The van der Waals surface area contributed by atoms with Crippen molar-refractivity contribution in [3.63, 3.8) is 0 Å². The summed E-state index contributed by atoms with van der Waals surface area (Å²) < 4.78 is 5.97. The number of β-amino-alcohol motifs (C(OH)–C–C–N with tert-alkyl or cyclic N) is 1. The first kappa shape index (κ1) is 24.4. The van der Waals surface area contributed by atoms with Crippen LogP contribution in [0.25, 0.3) is 10.9 Å². The summed E-state index contributed by atoms with van der Waals surface area (Å²) in [5.74, 6) is 1.18. The molecule has 0 saturated carbocycles. The van der Waals surface area contributed by atoms with Crippen LogP contribution in [-0.4, -0.2) is 71.9 Å². The summed E-state index contributed by atoms with van der Waals surface area (Å²) in [5, 5.41) is 11.6. The number of aliphatic hydroxyl groups excluding tert-OH is 1. The van der Waals surface area contributed by atoms with Crippen LogP contribution in [-0.2, 0) is 0 Å². The molecule has 1 fully saturated rings. The topological polar surface area (TPSA) is 48.8 Å². The zero-order valence-corrected chi connectivity index (χ0v) is 20.7. The molecule has 1 saturated heterocycles. The van der Waals surface area contributed by atoms with E-state index < -0.39 is 6.10 Å². The molecule has 5 rings (SSSR count). The molecule has 1 aliphatic rings. The van der Waals surface area contributed by atoms with Gasteiger partial charge < -0.3 is 14.7 Å². The zero-order valence-electron chi connectivity index (χ0n) is 20.7. The van der Waals surface area contributed by atoms with Crippen molar-refractivity contribution in [2.24, 2.45) is 0 Å². The number of piperazine rings is 1. The monoisotopic (exact) mass is 481 g/mol. The molecule has 5 heteroatoms. The van der Waals surface area contributed by atoms with Crippen LogP contribution in [0.3, 0.4) is 0 Å². The first-order valence-corrected chi connectivity index (χ1v) is 13.0. The van der Waals surface area contributed by atoms with E-state index in [9.17, 15) is 5.11 Å². The molecular formula is C31H35N3O2. The van der Waals surface area contributed by atoms with E-state index in [1.165, 1.54) is 11.1 Å². The largest absolute Gasteiger partial charge is 0.490 e. The number of pyridine rings is 1. The molecule has 0 aliphatic carbocycles. The van der Waals surface area contributed by atoms with E-state index in [4.69, 9.17) is 4.74 Å². The molecule has 0 bridgehead atoms. The Morgan fingerprint density at radius 3 is 2.11 bits per heavy atom. The number of ether oxygens (including phenoxy) is 1. The number of rotatable bonds is 10. The number of hydrogen-bond donors (Lipinski definition) is 1. The fourth-order valence-electron chi connectivity index (χ4n) is 5.14. The number of benzene rings is 3. The van der Waals surface area contributed by atoms with Gasteiger partial charge >= 0.3 is 0 Å². The maximum absolute atomic E-state index is 10.6. The second kappa shape index (κ2) is 12.1. The summed E-state index contributed by atoms with van der Waals surface area (Å²) in [7, 11) is 0. The lowest BCUT2D eigenvalue weighted by Gasteiger charge is -2.36. The van der Waals surface area contributed by atoms with Crippen molar-refractivity contribution in [2.75, 3.05) is 45.9 Å². The number of aliphatic hydroxyl groups is 1. The van der Waals surface area contributed by atoms with Crippen LogP contribution in [0.4, 0.5) is 0 Å². The minimum atomic E-state index is -0.524. The van der Waals surface area contributed by atoms with Crippen molar-refractivity contribution in [2.45, 2.75) is 18.4 Å². The molecule has 1 atom stereocenters. The van der Waals surface area contributed by atoms with Crippen molar-refractivity contribution in [1.29, 1.82) is 0 Å². The average Bonchev–Trinajstić information content (AvgIpc) is 2.94. The van der Waals surface area contributed by atoms with Crippen LogP contribution in [0.2, 0.25) is 0 Å². The third kappa shape index (κ3) is 6.30. The van der Waals surface area contributed by atoms with E-state index >= 15 is 0 Å². The van der Waals surface area contributed by atoms with Gasteiger partial charge in [-0.2, -0.15) is 0 Å². The van der Waals surface area contributed by atoms with Crippen LogP contribution < -0.4 is 4.74 Å².